The van der Waals surface area contributed by atoms with E-state index in [-0.39, 0.29) is 5.92 Å². The Labute approximate surface area is 161 Å². The highest BCUT2D eigenvalue weighted by Gasteiger charge is 2.28. The average Bonchev–Trinajstić information content (AvgIpc) is 2.71. The van der Waals surface area contributed by atoms with E-state index in [1.165, 1.54) is 11.1 Å². The minimum absolute atomic E-state index is 0.0883. The Hall–Kier alpha value is -2.87. The molecular weight excluding hydrogens is 332 g/mol. The molecule has 0 aliphatic carbocycles. The summed E-state index contributed by atoms with van der Waals surface area (Å²) in [6.07, 6.45) is 3.12. The molecule has 2 heteroatoms. The van der Waals surface area contributed by atoms with E-state index in [0.717, 1.165) is 24.8 Å². The molecule has 2 nitrogen and oxygen atoms in total. The lowest BCUT2D eigenvalue weighted by Crippen LogP contribution is -2.28. The molecule has 0 saturated carbocycles. The first kappa shape index (κ1) is 18.9. The molecule has 0 aromatic heterocycles. The molecule has 3 aromatic rings. The second kappa shape index (κ2) is 9.72. The largest absolute Gasteiger partial charge is 0.481 e. The lowest BCUT2D eigenvalue weighted by Gasteiger charge is -2.25. The summed E-state index contributed by atoms with van der Waals surface area (Å²) in [7, 11) is 0. The maximum Gasteiger partial charge on any atom is 0.307 e. The number of aliphatic carboxylic acids is 1. The van der Waals surface area contributed by atoms with Crippen LogP contribution in [0.4, 0.5) is 0 Å². The lowest BCUT2D eigenvalue weighted by atomic mass is 9.79. The highest BCUT2D eigenvalue weighted by Crippen LogP contribution is 2.27. The monoisotopic (exact) mass is 358 g/mol. The van der Waals surface area contributed by atoms with Crippen molar-refractivity contribution in [3.05, 3.63) is 108 Å². The number of benzene rings is 3. The number of carboxylic acids is 1. The lowest BCUT2D eigenvalue weighted by molar-refractivity contribution is -0.143. The van der Waals surface area contributed by atoms with Crippen LogP contribution in [-0.4, -0.2) is 11.1 Å². The topological polar surface area (TPSA) is 37.3 Å². The first-order valence-electron chi connectivity index (χ1n) is 9.57. The zero-order valence-electron chi connectivity index (χ0n) is 15.5. The third kappa shape index (κ3) is 5.82. The summed E-state index contributed by atoms with van der Waals surface area (Å²) in [5, 5.41) is 9.98. The molecule has 2 atom stereocenters. The van der Waals surface area contributed by atoms with Crippen molar-refractivity contribution in [3.8, 4) is 0 Å². The molecule has 0 bridgehead atoms. The normalized spacial score (nSPS) is 13.0. The van der Waals surface area contributed by atoms with Crippen molar-refractivity contribution in [2.75, 3.05) is 0 Å². The van der Waals surface area contributed by atoms with Crippen molar-refractivity contribution in [1.29, 1.82) is 0 Å². The first-order chi connectivity index (χ1) is 13.2. The molecule has 3 rings (SSSR count). The van der Waals surface area contributed by atoms with Gasteiger partial charge in [0, 0.05) is 0 Å². The maximum absolute atomic E-state index is 12.1. The van der Waals surface area contributed by atoms with Gasteiger partial charge >= 0.3 is 5.97 Å². The molecule has 1 N–H and O–H groups in total. The van der Waals surface area contributed by atoms with Crippen molar-refractivity contribution >= 4 is 5.97 Å². The molecule has 0 saturated heterocycles. The van der Waals surface area contributed by atoms with Gasteiger partial charge in [-0.05, 0) is 48.3 Å². The molecule has 0 aliphatic rings. The van der Waals surface area contributed by atoms with Gasteiger partial charge in [0.05, 0.1) is 5.92 Å². The number of carbonyl (C=O) groups is 1. The van der Waals surface area contributed by atoms with Crippen LogP contribution < -0.4 is 0 Å². The summed E-state index contributed by atoms with van der Waals surface area (Å²) in [6, 6.07) is 30.5. The molecule has 0 heterocycles. The molecule has 0 fully saturated rings. The van der Waals surface area contributed by atoms with Gasteiger partial charge in [-0.3, -0.25) is 4.79 Å². The van der Waals surface area contributed by atoms with Gasteiger partial charge in [-0.15, -0.1) is 0 Å². The highest BCUT2D eigenvalue weighted by molar-refractivity contribution is 5.71. The Morgan fingerprint density at radius 3 is 1.59 bits per heavy atom. The molecule has 2 unspecified atom stereocenters. The predicted octanol–water partition coefficient (Wildman–Crippen LogP) is 5.42. The van der Waals surface area contributed by atoms with Crippen LogP contribution in [0.25, 0.3) is 0 Å². The number of aryl methyl sites for hydroxylation is 1. The van der Waals surface area contributed by atoms with E-state index in [4.69, 9.17) is 0 Å². The number of rotatable bonds is 9. The Balaban J connectivity index is 1.79. The van der Waals surface area contributed by atoms with Crippen LogP contribution in [0, 0.1) is 11.8 Å². The fourth-order valence-electron chi connectivity index (χ4n) is 3.68. The summed E-state index contributed by atoms with van der Waals surface area (Å²) in [5.41, 5.74) is 3.55. The van der Waals surface area contributed by atoms with Crippen molar-refractivity contribution in [1.82, 2.24) is 0 Å². The van der Waals surface area contributed by atoms with Crippen molar-refractivity contribution in [2.45, 2.75) is 25.7 Å². The van der Waals surface area contributed by atoms with Crippen LogP contribution >= 0.6 is 0 Å². The van der Waals surface area contributed by atoms with Gasteiger partial charge in [0.1, 0.15) is 0 Å². The average molecular weight is 358 g/mol. The first-order valence-corrected chi connectivity index (χ1v) is 9.57. The molecule has 0 aliphatic heterocycles. The van der Waals surface area contributed by atoms with Crippen LogP contribution in [0.2, 0.25) is 0 Å². The van der Waals surface area contributed by atoms with Crippen LogP contribution in [0.5, 0.6) is 0 Å². The Bertz CT molecular complexity index is 813. The van der Waals surface area contributed by atoms with E-state index in [1.54, 1.807) is 0 Å². The number of hydrogen-bond donors (Lipinski definition) is 1. The smallest absolute Gasteiger partial charge is 0.307 e. The summed E-state index contributed by atoms with van der Waals surface area (Å²) < 4.78 is 0. The summed E-state index contributed by atoms with van der Waals surface area (Å²) in [5.74, 6) is -1.01. The van der Waals surface area contributed by atoms with Gasteiger partial charge < -0.3 is 5.11 Å². The van der Waals surface area contributed by atoms with Crippen molar-refractivity contribution < 1.29 is 9.90 Å². The highest BCUT2D eigenvalue weighted by atomic mass is 16.4. The molecule has 0 amide bonds. The minimum atomic E-state index is -0.701. The molecular formula is C25H26O2. The van der Waals surface area contributed by atoms with Gasteiger partial charge in [-0.25, -0.2) is 0 Å². The standard InChI is InChI=1S/C25H26O2/c26-25(27)24(19-22-14-8-3-9-15-22)23(18-21-12-6-2-7-13-21)17-16-20-10-4-1-5-11-20/h1-15,23-24H,16-19H2,(H,26,27). The maximum atomic E-state index is 12.1. The van der Waals surface area contributed by atoms with Gasteiger partial charge in [0.25, 0.3) is 0 Å². The van der Waals surface area contributed by atoms with Crippen molar-refractivity contribution in [3.63, 3.8) is 0 Å². The zero-order chi connectivity index (χ0) is 18.9. The quantitative estimate of drug-likeness (QED) is 0.554. The van der Waals surface area contributed by atoms with Crippen LogP contribution in [0.1, 0.15) is 23.1 Å². The molecule has 27 heavy (non-hydrogen) atoms. The van der Waals surface area contributed by atoms with Crippen LogP contribution in [-0.2, 0) is 24.1 Å². The third-order valence-corrected chi connectivity index (χ3v) is 5.17. The van der Waals surface area contributed by atoms with E-state index in [2.05, 4.69) is 24.3 Å². The second-order valence-corrected chi connectivity index (χ2v) is 7.11. The number of hydrogen-bond acceptors (Lipinski definition) is 1. The van der Waals surface area contributed by atoms with Gasteiger partial charge in [-0.1, -0.05) is 91.0 Å². The summed E-state index contributed by atoms with van der Waals surface area (Å²) >= 11 is 0. The van der Waals surface area contributed by atoms with Crippen LogP contribution in [0.15, 0.2) is 91.0 Å². The number of carboxylic acid groups (broad SMARTS) is 1. The van der Waals surface area contributed by atoms with E-state index in [0.29, 0.717) is 6.42 Å². The fraction of sp³-hybridized carbons (Fsp3) is 0.240. The van der Waals surface area contributed by atoms with Crippen molar-refractivity contribution in [2.24, 2.45) is 11.8 Å². The fourth-order valence-corrected chi connectivity index (χ4v) is 3.68. The Morgan fingerprint density at radius 1 is 0.667 bits per heavy atom. The SMILES string of the molecule is O=C(O)C(Cc1ccccc1)C(CCc1ccccc1)Cc1ccccc1. The second-order valence-electron chi connectivity index (χ2n) is 7.11. The predicted molar refractivity (Wildman–Crippen MR) is 110 cm³/mol. The minimum Gasteiger partial charge on any atom is -0.481 e. The summed E-state index contributed by atoms with van der Waals surface area (Å²) in [4.78, 5) is 12.1. The van der Waals surface area contributed by atoms with E-state index >= 15 is 0 Å². The molecule has 138 valence electrons. The molecule has 0 spiro atoms. The zero-order valence-corrected chi connectivity index (χ0v) is 15.5. The third-order valence-electron chi connectivity index (χ3n) is 5.17. The molecule has 3 aromatic carbocycles. The van der Waals surface area contributed by atoms with Gasteiger partial charge in [0.15, 0.2) is 0 Å². The van der Waals surface area contributed by atoms with E-state index in [9.17, 15) is 9.90 Å². The Kier molecular flexibility index (Phi) is 6.81. The van der Waals surface area contributed by atoms with E-state index < -0.39 is 11.9 Å². The summed E-state index contributed by atoms with van der Waals surface area (Å²) in [6.45, 7) is 0. The van der Waals surface area contributed by atoms with Gasteiger partial charge in [-0.2, -0.15) is 0 Å². The molecule has 0 radical (unpaired) electrons. The van der Waals surface area contributed by atoms with Gasteiger partial charge in [0.2, 0.25) is 0 Å². The Morgan fingerprint density at radius 2 is 1.11 bits per heavy atom. The van der Waals surface area contributed by atoms with E-state index in [1.807, 2.05) is 66.7 Å². The van der Waals surface area contributed by atoms with Crippen LogP contribution in [0.3, 0.4) is 0 Å².